The first-order valence-electron chi connectivity index (χ1n) is 10.5. The van der Waals surface area contributed by atoms with Gasteiger partial charge in [0.05, 0.1) is 13.2 Å². The van der Waals surface area contributed by atoms with E-state index in [4.69, 9.17) is 18.5 Å². The van der Waals surface area contributed by atoms with Crippen molar-refractivity contribution in [2.24, 2.45) is 5.41 Å². The third-order valence-corrected chi connectivity index (χ3v) is 7.00. The van der Waals surface area contributed by atoms with Crippen molar-refractivity contribution in [2.75, 3.05) is 19.8 Å². The van der Waals surface area contributed by atoms with Gasteiger partial charge in [0, 0.05) is 11.0 Å². The fourth-order valence-electron chi connectivity index (χ4n) is 3.08. The molecule has 0 amide bonds. The molecule has 1 aliphatic rings. The Balaban J connectivity index is 1.68. The van der Waals surface area contributed by atoms with Crippen LogP contribution in [0.3, 0.4) is 0 Å². The Labute approximate surface area is 185 Å². The fraction of sp³-hybridized carbons (Fsp3) is 0.440. The lowest BCUT2D eigenvalue weighted by molar-refractivity contribution is 0.0152. The smallest absolute Gasteiger partial charge is 0.375 e. The zero-order chi connectivity index (χ0) is 22.7. The molecule has 0 aromatic heterocycles. The molecule has 0 N–H and O–H groups in total. The van der Waals surface area contributed by atoms with Gasteiger partial charge in [0.2, 0.25) is 5.85 Å². The summed E-state index contributed by atoms with van der Waals surface area (Å²) in [6.45, 7) is 15.3. The molecule has 6 heteroatoms. The molecule has 1 aliphatic heterocycles. The van der Waals surface area contributed by atoms with Crippen molar-refractivity contribution >= 4 is 7.60 Å². The van der Waals surface area contributed by atoms with Crippen LogP contribution in [0.2, 0.25) is 0 Å². The monoisotopic (exact) mass is 444 g/mol. The van der Waals surface area contributed by atoms with E-state index in [0.29, 0.717) is 30.3 Å². The van der Waals surface area contributed by atoms with E-state index in [1.807, 2.05) is 56.3 Å². The molecule has 0 spiro atoms. The number of benzene rings is 2. The highest BCUT2D eigenvalue weighted by Gasteiger charge is 2.45. The molecule has 1 fully saturated rings. The minimum Gasteiger partial charge on any atom is -0.486 e. The number of hydrogen-bond donors (Lipinski definition) is 0. The molecule has 31 heavy (non-hydrogen) atoms. The Hall–Kier alpha value is -2.07. The van der Waals surface area contributed by atoms with Crippen LogP contribution < -0.4 is 4.74 Å². The number of hydrogen-bond acceptors (Lipinski definition) is 5. The van der Waals surface area contributed by atoms with Crippen molar-refractivity contribution in [1.29, 1.82) is 0 Å². The van der Waals surface area contributed by atoms with Gasteiger partial charge in [0.25, 0.3) is 0 Å². The van der Waals surface area contributed by atoms with E-state index >= 15 is 0 Å². The molecule has 1 saturated heterocycles. The van der Waals surface area contributed by atoms with Crippen LogP contribution >= 0.6 is 7.60 Å². The van der Waals surface area contributed by atoms with Gasteiger partial charge in [-0.1, -0.05) is 83.7 Å². The highest BCUT2D eigenvalue weighted by molar-refractivity contribution is 7.54. The van der Waals surface area contributed by atoms with Crippen LogP contribution in [0.1, 0.15) is 51.6 Å². The van der Waals surface area contributed by atoms with Crippen LogP contribution in [-0.2, 0) is 23.8 Å². The minimum absolute atomic E-state index is 0.0782. The molecule has 1 heterocycles. The lowest BCUT2D eigenvalue weighted by Crippen LogP contribution is -2.31. The SMILES string of the molecule is C=C(COc1ccc(C(C)(C)C)cc1)OC(c1ccccc1)P1(=O)OCC(C)(C)CO1. The van der Waals surface area contributed by atoms with Gasteiger partial charge in [0.15, 0.2) is 0 Å². The van der Waals surface area contributed by atoms with E-state index in [9.17, 15) is 4.57 Å². The van der Waals surface area contributed by atoms with Crippen molar-refractivity contribution in [2.45, 2.75) is 45.9 Å². The van der Waals surface area contributed by atoms with Crippen molar-refractivity contribution in [1.82, 2.24) is 0 Å². The Bertz CT molecular complexity index is 915. The summed E-state index contributed by atoms with van der Waals surface area (Å²) in [4.78, 5) is 0. The summed E-state index contributed by atoms with van der Waals surface area (Å²) >= 11 is 0. The number of rotatable bonds is 7. The quantitative estimate of drug-likeness (QED) is 0.345. The van der Waals surface area contributed by atoms with Crippen LogP contribution in [0.5, 0.6) is 5.75 Å². The molecular weight excluding hydrogens is 411 g/mol. The summed E-state index contributed by atoms with van der Waals surface area (Å²) in [5, 5.41) is 0. The lowest BCUT2D eigenvalue weighted by Gasteiger charge is -2.37. The first-order valence-corrected chi connectivity index (χ1v) is 12.1. The highest BCUT2D eigenvalue weighted by atomic mass is 31.2. The Morgan fingerprint density at radius 1 is 1.06 bits per heavy atom. The minimum atomic E-state index is -3.54. The summed E-state index contributed by atoms with van der Waals surface area (Å²) in [6, 6.07) is 17.3. The van der Waals surface area contributed by atoms with E-state index in [-0.39, 0.29) is 17.4 Å². The van der Waals surface area contributed by atoms with Crippen molar-refractivity contribution in [3.8, 4) is 5.75 Å². The summed E-state index contributed by atoms with van der Waals surface area (Å²) < 4.78 is 36.8. The van der Waals surface area contributed by atoms with Gasteiger partial charge in [-0.3, -0.25) is 4.57 Å². The molecule has 0 radical (unpaired) electrons. The number of ether oxygens (including phenoxy) is 2. The fourth-order valence-corrected chi connectivity index (χ4v) is 5.30. The first kappa shape index (κ1) is 23.6. The molecule has 2 aromatic rings. The second-order valence-corrected chi connectivity index (χ2v) is 11.8. The largest absolute Gasteiger partial charge is 0.486 e. The average Bonchev–Trinajstić information content (AvgIpc) is 2.73. The van der Waals surface area contributed by atoms with Gasteiger partial charge >= 0.3 is 7.60 Å². The zero-order valence-corrected chi connectivity index (χ0v) is 20.0. The van der Waals surface area contributed by atoms with Crippen molar-refractivity contribution in [3.05, 3.63) is 78.1 Å². The third-order valence-electron chi connectivity index (χ3n) is 5.04. The van der Waals surface area contributed by atoms with E-state index in [0.717, 1.165) is 0 Å². The predicted octanol–water partition coefficient (Wildman–Crippen LogP) is 6.86. The van der Waals surface area contributed by atoms with E-state index < -0.39 is 13.4 Å². The van der Waals surface area contributed by atoms with E-state index in [2.05, 4.69) is 39.5 Å². The molecule has 0 bridgehead atoms. The first-order chi connectivity index (χ1) is 14.5. The highest BCUT2D eigenvalue weighted by Crippen LogP contribution is 2.65. The molecule has 3 rings (SSSR count). The zero-order valence-electron chi connectivity index (χ0n) is 19.1. The molecule has 1 atom stereocenters. The molecule has 0 saturated carbocycles. The molecule has 0 aliphatic carbocycles. The van der Waals surface area contributed by atoms with E-state index in [1.165, 1.54) is 5.56 Å². The second-order valence-electron chi connectivity index (χ2n) is 9.73. The third kappa shape index (κ3) is 6.22. The van der Waals surface area contributed by atoms with Crippen molar-refractivity contribution < 1.29 is 23.1 Å². The molecular formula is C25H33O5P. The maximum atomic E-state index is 13.5. The van der Waals surface area contributed by atoms with Crippen LogP contribution in [0.15, 0.2) is 66.9 Å². The van der Waals surface area contributed by atoms with E-state index in [1.54, 1.807) is 0 Å². The normalized spacial score (nSPS) is 18.7. The molecule has 168 valence electrons. The Kier molecular flexibility index (Phi) is 7.00. The average molecular weight is 445 g/mol. The van der Waals surface area contributed by atoms with Gasteiger partial charge in [0.1, 0.15) is 18.1 Å². The maximum absolute atomic E-state index is 13.5. The maximum Gasteiger partial charge on any atom is 0.375 e. The summed E-state index contributed by atoms with van der Waals surface area (Å²) in [5.41, 5.74) is 1.82. The molecule has 2 aromatic carbocycles. The lowest BCUT2D eigenvalue weighted by atomic mass is 9.87. The summed E-state index contributed by atoms with van der Waals surface area (Å²) in [5.74, 6) is 0.165. The van der Waals surface area contributed by atoms with Crippen molar-refractivity contribution in [3.63, 3.8) is 0 Å². The predicted molar refractivity (Wildman–Crippen MR) is 123 cm³/mol. The Morgan fingerprint density at radius 3 is 2.19 bits per heavy atom. The van der Waals surface area contributed by atoms with Crippen LogP contribution in [-0.4, -0.2) is 19.8 Å². The molecule has 5 nitrogen and oxygen atoms in total. The summed E-state index contributed by atoms with van der Waals surface area (Å²) in [7, 11) is -3.54. The standard InChI is InChI=1S/C25H33O5P/c1-19(16-27-22-14-12-21(13-15-22)24(2,3)4)30-23(20-10-8-7-9-11-20)31(26)28-17-25(5,6)18-29-31/h7-15,23H,1,16-18H2,2-6H3. The second kappa shape index (κ2) is 9.20. The van der Waals surface area contributed by atoms with Gasteiger partial charge in [-0.15, -0.1) is 0 Å². The van der Waals surface area contributed by atoms with Crippen LogP contribution in [0, 0.1) is 5.41 Å². The Morgan fingerprint density at radius 2 is 1.65 bits per heavy atom. The van der Waals surface area contributed by atoms with Gasteiger partial charge < -0.3 is 18.5 Å². The van der Waals surface area contributed by atoms with Gasteiger partial charge in [-0.05, 0) is 23.1 Å². The topological polar surface area (TPSA) is 54.0 Å². The van der Waals surface area contributed by atoms with Gasteiger partial charge in [-0.25, -0.2) is 0 Å². The summed E-state index contributed by atoms with van der Waals surface area (Å²) in [6.07, 6.45) is 0. The van der Waals surface area contributed by atoms with Crippen LogP contribution in [0.25, 0.3) is 0 Å². The molecule has 1 unspecified atom stereocenters. The van der Waals surface area contributed by atoms with Crippen LogP contribution in [0.4, 0.5) is 0 Å². The van der Waals surface area contributed by atoms with Gasteiger partial charge in [-0.2, -0.15) is 0 Å².